The SMILES string of the molecule is C[C@H](CCO)[C@H](OC(=O)Nc1cccc2ccccc12)c1ccc(O)c2ccccc12. The normalized spacial score (nSPS) is 13.1. The van der Waals surface area contributed by atoms with E-state index in [0.717, 1.165) is 21.7 Å². The van der Waals surface area contributed by atoms with Crippen molar-refractivity contribution in [2.75, 3.05) is 11.9 Å². The molecule has 2 atom stereocenters. The highest BCUT2D eigenvalue weighted by molar-refractivity contribution is 6.00. The summed E-state index contributed by atoms with van der Waals surface area (Å²) in [5, 5.41) is 26.0. The number of fused-ring (bicyclic) bond motifs is 2. The van der Waals surface area contributed by atoms with Crippen LogP contribution in [0.1, 0.15) is 25.0 Å². The van der Waals surface area contributed by atoms with Crippen molar-refractivity contribution in [2.45, 2.75) is 19.4 Å². The lowest BCUT2D eigenvalue weighted by Crippen LogP contribution is -2.23. The molecule has 0 heterocycles. The third-order valence-corrected chi connectivity index (χ3v) is 5.60. The summed E-state index contributed by atoms with van der Waals surface area (Å²) in [4.78, 5) is 12.9. The van der Waals surface area contributed by atoms with Crippen molar-refractivity contribution in [3.05, 3.63) is 84.4 Å². The first-order valence-corrected chi connectivity index (χ1v) is 10.4. The molecule has 0 saturated heterocycles. The van der Waals surface area contributed by atoms with E-state index in [4.69, 9.17) is 4.74 Å². The van der Waals surface area contributed by atoms with Crippen molar-refractivity contribution in [3.63, 3.8) is 0 Å². The number of aliphatic hydroxyl groups is 1. The van der Waals surface area contributed by atoms with Crippen LogP contribution in [0.3, 0.4) is 0 Å². The van der Waals surface area contributed by atoms with Crippen LogP contribution in [-0.4, -0.2) is 22.9 Å². The predicted molar refractivity (Wildman–Crippen MR) is 123 cm³/mol. The molecule has 4 rings (SSSR count). The molecule has 4 aromatic carbocycles. The van der Waals surface area contributed by atoms with Crippen LogP contribution in [-0.2, 0) is 4.74 Å². The molecule has 0 unspecified atom stereocenters. The number of aromatic hydroxyl groups is 1. The molecule has 5 nitrogen and oxygen atoms in total. The summed E-state index contributed by atoms with van der Waals surface area (Å²) >= 11 is 0. The Labute approximate surface area is 180 Å². The molecule has 0 saturated carbocycles. The predicted octanol–water partition coefficient (Wildman–Crippen LogP) is 6.01. The number of benzene rings is 4. The van der Waals surface area contributed by atoms with Crippen LogP contribution in [0.4, 0.5) is 10.5 Å². The summed E-state index contributed by atoms with van der Waals surface area (Å²) in [5.74, 6) is 0.0457. The average molecular weight is 415 g/mol. The second kappa shape index (κ2) is 9.06. The summed E-state index contributed by atoms with van der Waals surface area (Å²) in [6.07, 6.45) is -0.683. The van der Waals surface area contributed by atoms with Gasteiger partial charge >= 0.3 is 6.09 Å². The first kappa shape index (κ1) is 20.7. The van der Waals surface area contributed by atoms with Crippen molar-refractivity contribution in [3.8, 4) is 5.75 Å². The van der Waals surface area contributed by atoms with Gasteiger partial charge in [0.15, 0.2) is 0 Å². The third kappa shape index (κ3) is 4.32. The number of carbonyl (C=O) groups excluding carboxylic acids is 1. The lowest BCUT2D eigenvalue weighted by atomic mass is 9.90. The molecular weight excluding hydrogens is 390 g/mol. The Morgan fingerprint density at radius 2 is 1.58 bits per heavy atom. The number of carbonyl (C=O) groups is 1. The molecule has 5 heteroatoms. The van der Waals surface area contributed by atoms with Gasteiger partial charge in [0, 0.05) is 22.9 Å². The number of rotatable bonds is 6. The Morgan fingerprint density at radius 1 is 0.903 bits per heavy atom. The molecule has 4 aromatic rings. The molecule has 31 heavy (non-hydrogen) atoms. The number of hydrogen-bond acceptors (Lipinski definition) is 4. The number of hydrogen-bond donors (Lipinski definition) is 3. The van der Waals surface area contributed by atoms with Gasteiger partial charge in [0.2, 0.25) is 0 Å². The van der Waals surface area contributed by atoms with Gasteiger partial charge in [0.05, 0.1) is 5.69 Å². The lowest BCUT2D eigenvalue weighted by Gasteiger charge is -2.26. The van der Waals surface area contributed by atoms with Gasteiger partial charge in [-0.2, -0.15) is 0 Å². The molecule has 0 aromatic heterocycles. The zero-order valence-electron chi connectivity index (χ0n) is 17.3. The van der Waals surface area contributed by atoms with Crippen molar-refractivity contribution in [1.82, 2.24) is 0 Å². The Hall–Kier alpha value is -3.57. The number of aliphatic hydroxyl groups excluding tert-OH is 1. The van der Waals surface area contributed by atoms with Crippen molar-refractivity contribution in [1.29, 1.82) is 0 Å². The van der Waals surface area contributed by atoms with Crippen LogP contribution in [0.2, 0.25) is 0 Å². The summed E-state index contributed by atoms with van der Waals surface area (Å²) < 4.78 is 5.91. The van der Waals surface area contributed by atoms with E-state index in [9.17, 15) is 15.0 Å². The molecule has 1 amide bonds. The largest absolute Gasteiger partial charge is 0.507 e. The van der Waals surface area contributed by atoms with E-state index in [0.29, 0.717) is 17.5 Å². The van der Waals surface area contributed by atoms with Gasteiger partial charge in [-0.15, -0.1) is 0 Å². The molecular formula is C26H25NO4. The van der Waals surface area contributed by atoms with E-state index < -0.39 is 12.2 Å². The van der Waals surface area contributed by atoms with Gasteiger partial charge in [0.1, 0.15) is 11.9 Å². The first-order valence-electron chi connectivity index (χ1n) is 10.4. The quantitative estimate of drug-likeness (QED) is 0.360. The van der Waals surface area contributed by atoms with Gasteiger partial charge in [-0.1, -0.05) is 73.7 Å². The Morgan fingerprint density at radius 3 is 2.35 bits per heavy atom. The van der Waals surface area contributed by atoms with Gasteiger partial charge in [-0.25, -0.2) is 4.79 Å². The van der Waals surface area contributed by atoms with Crippen LogP contribution in [0.5, 0.6) is 5.75 Å². The molecule has 0 radical (unpaired) electrons. The molecule has 0 spiro atoms. The van der Waals surface area contributed by atoms with Crippen molar-refractivity contribution >= 4 is 33.3 Å². The zero-order valence-corrected chi connectivity index (χ0v) is 17.3. The highest BCUT2D eigenvalue weighted by atomic mass is 16.6. The number of ether oxygens (including phenoxy) is 1. The fraction of sp³-hybridized carbons (Fsp3) is 0.192. The molecule has 0 fully saturated rings. The maximum Gasteiger partial charge on any atom is 0.412 e. The molecule has 3 N–H and O–H groups in total. The van der Waals surface area contributed by atoms with E-state index in [-0.39, 0.29) is 18.3 Å². The second-order valence-corrected chi connectivity index (χ2v) is 7.69. The van der Waals surface area contributed by atoms with Crippen molar-refractivity contribution in [2.24, 2.45) is 5.92 Å². The molecule has 158 valence electrons. The number of nitrogens with one attached hydrogen (secondary N) is 1. The average Bonchev–Trinajstić information content (AvgIpc) is 2.79. The summed E-state index contributed by atoms with van der Waals surface area (Å²) in [5.41, 5.74) is 1.47. The topological polar surface area (TPSA) is 78.8 Å². The molecule has 0 aliphatic rings. The van der Waals surface area contributed by atoms with Crippen molar-refractivity contribution < 1.29 is 19.7 Å². The van der Waals surface area contributed by atoms with Gasteiger partial charge in [0.25, 0.3) is 0 Å². The van der Waals surface area contributed by atoms with E-state index in [1.807, 2.05) is 73.7 Å². The van der Waals surface area contributed by atoms with Crippen LogP contribution >= 0.6 is 0 Å². The van der Waals surface area contributed by atoms with Crippen LogP contribution in [0.15, 0.2) is 78.9 Å². The monoisotopic (exact) mass is 415 g/mol. The van der Waals surface area contributed by atoms with Gasteiger partial charge < -0.3 is 14.9 Å². The maximum absolute atomic E-state index is 12.9. The Bertz CT molecular complexity index is 1220. The highest BCUT2D eigenvalue weighted by Gasteiger charge is 2.26. The second-order valence-electron chi connectivity index (χ2n) is 7.69. The zero-order chi connectivity index (χ0) is 21.8. The van der Waals surface area contributed by atoms with Crippen LogP contribution in [0.25, 0.3) is 21.5 Å². The number of anilines is 1. The van der Waals surface area contributed by atoms with E-state index in [1.54, 1.807) is 12.1 Å². The maximum atomic E-state index is 12.9. The number of phenols is 1. The van der Waals surface area contributed by atoms with E-state index in [1.165, 1.54) is 0 Å². The smallest absolute Gasteiger partial charge is 0.412 e. The number of amides is 1. The minimum Gasteiger partial charge on any atom is -0.507 e. The van der Waals surface area contributed by atoms with Crippen LogP contribution < -0.4 is 5.32 Å². The molecule has 0 aliphatic carbocycles. The Balaban J connectivity index is 1.66. The minimum atomic E-state index is -0.590. The summed E-state index contributed by atoms with van der Waals surface area (Å²) in [6.45, 7) is 1.93. The third-order valence-electron chi connectivity index (χ3n) is 5.60. The van der Waals surface area contributed by atoms with Crippen LogP contribution in [0, 0.1) is 5.92 Å². The molecule has 0 aliphatic heterocycles. The first-order chi connectivity index (χ1) is 15.1. The number of phenolic OH excluding ortho intramolecular Hbond substituents is 1. The standard InChI is InChI=1S/C26H25NO4/c1-17(15-16-28)25(22-13-14-24(29)21-11-5-4-10-20(21)22)31-26(30)27-23-12-6-8-18-7-2-3-9-19(18)23/h2-14,17,25,28-29H,15-16H2,1H3,(H,27,30)/t17-,25+/m1/s1. The van der Waals surface area contributed by atoms with Gasteiger partial charge in [-0.3, -0.25) is 5.32 Å². The summed E-state index contributed by atoms with van der Waals surface area (Å²) in [7, 11) is 0. The Kier molecular flexibility index (Phi) is 6.05. The minimum absolute atomic E-state index is 0.0119. The lowest BCUT2D eigenvalue weighted by molar-refractivity contribution is 0.0677. The van der Waals surface area contributed by atoms with Gasteiger partial charge in [-0.05, 0) is 35.2 Å². The summed E-state index contributed by atoms with van der Waals surface area (Å²) in [6, 6.07) is 24.4. The fourth-order valence-electron chi connectivity index (χ4n) is 3.98. The fourth-order valence-corrected chi connectivity index (χ4v) is 3.98. The van der Waals surface area contributed by atoms with E-state index in [2.05, 4.69) is 5.32 Å². The highest BCUT2D eigenvalue weighted by Crippen LogP contribution is 2.37. The van der Waals surface area contributed by atoms with E-state index >= 15 is 0 Å². The molecule has 0 bridgehead atoms.